The number of rotatable bonds is 11. The van der Waals surface area contributed by atoms with E-state index in [1.807, 2.05) is 30.3 Å². The van der Waals surface area contributed by atoms with E-state index in [1.54, 1.807) is 41.3 Å². The van der Waals surface area contributed by atoms with Crippen LogP contribution in [0.15, 0.2) is 66.7 Å². The predicted octanol–water partition coefficient (Wildman–Crippen LogP) is 7.40. The Balaban J connectivity index is 2.00. The maximum Gasteiger partial charge on any atom is 0.243 e. The second kappa shape index (κ2) is 13.9. The standard InChI is InChI=1S/C28H28Cl4N2O2/c1-2-3-14-33-28(36)26(16-19-8-5-4-6-9-19)34(18-20-12-13-24(31)25(32)15-20)27(35)17-21-22(29)10-7-11-23(21)30/h4-13,15,26H,2-3,14,16-18H2,1H3,(H,33,36). The molecule has 3 aromatic rings. The lowest BCUT2D eigenvalue weighted by molar-refractivity contribution is -0.140. The molecule has 3 aromatic carbocycles. The van der Waals surface area contributed by atoms with Crippen molar-refractivity contribution in [2.24, 2.45) is 0 Å². The van der Waals surface area contributed by atoms with Crippen molar-refractivity contribution in [2.75, 3.05) is 6.54 Å². The van der Waals surface area contributed by atoms with E-state index >= 15 is 0 Å². The zero-order valence-electron chi connectivity index (χ0n) is 19.9. The van der Waals surface area contributed by atoms with Gasteiger partial charge in [0.25, 0.3) is 0 Å². The molecule has 0 aliphatic heterocycles. The third kappa shape index (κ3) is 7.88. The summed E-state index contributed by atoms with van der Waals surface area (Å²) in [6, 6.07) is 19.2. The number of halogens is 4. The van der Waals surface area contributed by atoms with Crippen molar-refractivity contribution in [3.8, 4) is 0 Å². The van der Waals surface area contributed by atoms with E-state index < -0.39 is 6.04 Å². The summed E-state index contributed by atoms with van der Waals surface area (Å²) in [7, 11) is 0. The van der Waals surface area contributed by atoms with E-state index in [0.717, 1.165) is 24.0 Å². The molecule has 0 aliphatic carbocycles. The summed E-state index contributed by atoms with van der Waals surface area (Å²) in [6.07, 6.45) is 2.09. The SMILES string of the molecule is CCCCNC(=O)C(Cc1ccccc1)N(Cc1ccc(Cl)c(Cl)c1)C(=O)Cc1c(Cl)cccc1Cl. The van der Waals surface area contributed by atoms with Crippen LogP contribution in [0.2, 0.25) is 20.1 Å². The van der Waals surface area contributed by atoms with Crippen LogP contribution < -0.4 is 5.32 Å². The molecule has 0 aromatic heterocycles. The van der Waals surface area contributed by atoms with E-state index in [0.29, 0.717) is 38.6 Å². The molecular formula is C28H28Cl4N2O2. The third-order valence-electron chi connectivity index (χ3n) is 5.83. The van der Waals surface area contributed by atoms with Crippen molar-refractivity contribution in [3.63, 3.8) is 0 Å². The minimum absolute atomic E-state index is 0.0483. The van der Waals surface area contributed by atoms with Crippen LogP contribution in [0.3, 0.4) is 0 Å². The summed E-state index contributed by atoms with van der Waals surface area (Å²) in [5.74, 6) is -0.492. The van der Waals surface area contributed by atoms with Gasteiger partial charge in [0.05, 0.1) is 16.5 Å². The molecule has 1 atom stereocenters. The van der Waals surface area contributed by atoms with E-state index in [4.69, 9.17) is 46.4 Å². The zero-order valence-corrected chi connectivity index (χ0v) is 23.0. The molecule has 2 amide bonds. The summed E-state index contributed by atoms with van der Waals surface area (Å²) in [5.41, 5.74) is 2.22. The van der Waals surface area contributed by atoms with Crippen LogP contribution in [0, 0.1) is 0 Å². The Morgan fingerprint density at radius 2 is 1.53 bits per heavy atom. The monoisotopic (exact) mass is 564 g/mol. The van der Waals surface area contributed by atoms with Crippen molar-refractivity contribution < 1.29 is 9.59 Å². The van der Waals surface area contributed by atoms with E-state index in [1.165, 1.54) is 0 Å². The molecule has 1 N–H and O–H groups in total. The van der Waals surface area contributed by atoms with Gasteiger partial charge < -0.3 is 10.2 Å². The lowest BCUT2D eigenvalue weighted by Crippen LogP contribution is -2.51. The van der Waals surface area contributed by atoms with Gasteiger partial charge in [-0.05, 0) is 47.4 Å². The topological polar surface area (TPSA) is 49.4 Å². The average Bonchev–Trinajstić information content (AvgIpc) is 2.86. The fraction of sp³-hybridized carbons (Fsp3) is 0.286. The first kappa shape index (κ1) is 28.3. The minimum atomic E-state index is -0.757. The van der Waals surface area contributed by atoms with Crippen molar-refractivity contribution in [1.29, 1.82) is 0 Å². The number of hydrogen-bond acceptors (Lipinski definition) is 2. The quantitative estimate of drug-likeness (QED) is 0.246. The largest absolute Gasteiger partial charge is 0.354 e. The van der Waals surface area contributed by atoms with E-state index in [2.05, 4.69) is 12.2 Å². The Kier molecular flexibility index (Phi) is 10.9. The van der Waals surface area contributed by atoms with Crippen LogP contribution in [0.1, 0.15) is 36.5 Å². The molecule has 0 fully saturated rings. The highest BCUT2D eigenvalue weighted by Crippen LogP contribution is 2.27. The van der Waals surface area contributed by atoms with Gasteiger partial charge >= 0.3 is 0 Å². The fourth-order valence-electron chi connectivity index (χ4n) is 3.85. The Bertz CT molecular complexity index is 1170. The zero-order chi connectivity index (χ0) is 26.1. The van der Waals surface area contributed by atoms with Gasteiger partial charge in [0, 0.05) is 29.6 Å². The Morgan fingerprint density at radius 3 is 2.17 bits per heavy atom. The first-order valence-electron chi connectivity index (χ1n) is 11.8. The number of nitrogens with one attached hydrogen (secondary N) is 1. The molecule has 0 bridgehead atoms. The number of hydrogen-bond donors (Lipinski definition) is 1. The number of unbranched alkanes of at least 4 members (excludes halogenated alkanes) is 1. The molecule has 8 heteroatoms. The average molecular weight is 566 g/mol. The number of nitrogens with zero attached hydrogens (tertiary/aromatic N) is 1. The molecule has 0 saturated carbocycles. The molecule has 190 valence electrons. The Hall–Kier alpha value is -2.24. The molecular weight excluding hydrogens is 538 g/mol. The lowest BCUT2D eigenvalue weighted by Gasteiger charge is -2.32. The highest BCUT2D eigenvalue weighted by molar-refractivity contribution is 6.42. The van der Waals surface area contributed by atoms with Crippen LogP contribution >= 0.6 is 46.4 Å². The maximum atomic E-state index is 13.8. The summed E-state index contributed by atoms with van der Waals surface area (Å²) in [5, 5.41) is 4.59. The number of carbonyl (C=O) groups excluding carboxylic acids is 2. The molecule has 3 rings (SSSR count). The molecule has 0 heterocycles. The van der Waals surface area contributed by atoms with Crippen LogP contribution in [-0.2, 0) is 29.0 Å². The minimum Gasteiger partial charge on any atom is -0.354 e. The Morgan fingerprint density at radius 1 is 0.833 bits per heavy atom. The second-order valence-corrected chi connectivity index (χ2v) is 10.1. The van der Waals surface area contributed by atoms with Gasteiger partial charge in [-0.1, -0.05) is 102 Å². The molecule has 1 unspecified atom stereocenters. The van der Waals surface area contributed by atoms with Crippen molar-refractivity contribution in [3.05, 3.63) is 104 Å². The van der Waals surface area contributed by atoms with E-state index in [-0.39, 0.29) is 24.8 Å². The van der Waals surface area contributed by atoms with E-state index in [9.17, 15) is 9.59 Å². The molecule has 0 spiro atoms. The number of benzene rings is 3. The van der Waals surface area contributed by atoms with Crippen molar-refractivity contribution in [2.45, 2.75) is 45.2 Å². The maximum absolute atomic E-state index is 13.8. The van der Waals surface area contributed by atoms with Gasteiger partial charge in [-0.15, -0.1) is 0 Å². The Labute approximate surface area is 232 Å². The second-order valence-electron chi connectivity index (χ2n) is 8.50. The summed E-state index contributed by atoms with van der Waals surface area (Å²) < 4.78 is 0. The predicted molar refractivity (Wildman–Crippen MR) is 149 cm³/mol. The number of amides is 2. The molecule has 0 aliphatic rings. The highest BCUT2D eigenvalue weighted by atomic mass is 35.5. The van der Waals surface area contributed by atoms with Gasteiger partial charge in [0.2, 0.25) is 11.8 Å². The summed E-state index contributed by atoms with van der Waals surface area (Å²) in [6.45, 7) is 2.75. The molecule has 36 heavy (non-hydrogen) atoms. The molecule has 4 nitrogen and oxygen atoms in total. The summed E-state index contributed by atoms with van der Waals surface area (Å²) in [4.78, 5) is 28.8. The lowest BCUT2D eigenvalue weighted by atomic mass is 10.0. The first-order chi connectivity index (χ1) is 17.3. The van der Waals surface area contributed by atoms with Gasteiger partial charge in [-0.3, -0.25) is 9.59 Å². The normalized spacial score (nSPS) is 11.7. The van der Waals surface area contributed by atoms with Crippen LogP contribution in [0.5, 0.6) is 0 Å². The first-order valence-corrected chi connectivity index (χ1v) is 13.3. The van der Waals surface area contributed by atoms with Crippen LogP contribution in [0.4, 0.5) is 0 Å². The van der Waals surface area contributed by atoms with Crippen molar-refractivity contribution >= 4 is 58.2 Å². The third-order valence-corrected chi connectivity index (χ3v) is 7.27. The fourth-order valence-corrected chi connectivity index (χ4v) is 4.70. The highest BCUT2D eigenvalue weighted by Gasteiger charge is 2.31. The smallest absolute Gasteiger partial charge is 0.243 e. The van der Waals surface area contributed by atoms with Crippen LogP contribution in [-0.4, -0.2) is 29.3 Å². The van der Waals surface area contributed by atoms with Gasteiger partial charge in [0.15, 0.2) is 0 Å². The van der Waals surface area contributed by atoms with Gasteiger partial charge in [-0.25, -0.2) is 0 Å². The number of carbonyl (C=O) groups is 2. The molecule has 0 saturated heterocycles. The van der Waals surface area contributed by atoms with Gasteiger partial charge in [-0.2, -0.15) is 0 Å². The molecule has 0 radical (unpaired) electrons. The summed E-state index contributed by atoms with van der Waals surface area (Å²) >= 11 is 25.1. The van der Waals surface area contributed by atoms with Crippen LogP contribution in [0.25, 0.3) is 0 Å². The van der Waals surface area contributed by atoms with Gasteiger partial charge in [0.1, 0.15) is 6.04 Å². The van der Waals surface area contributed by atoms with Crippen molar-refractivity contribution in [1.82, 2.24) is 10.2 Å².